The summed E-state index contributed by atoms with van der Waals surface area (Å²) in [5, 5.41) is 8.01. The highest BCUT2D eigenvalue weighted by molar-refractivity contribution is 5.86. The summed E-state index contributed by atoms with van der Waals surface area (Å²) < 4.78 is 0. The maximum atomic E-state index is 11.5. The molecule has 5 heteroatoms. The van der Waals surface area contributed by atoms with Gasteiger partial charge in [-0.3, -0.25) is 4.79 Å². The second-order valence-corrected chi connectivity index (χ2v) is 4.29. The molecule has 16 heavy (non-hydrogen) atoms. The zero-order valence-corrected chi connectivity index (χ0v) is 10.0. The lowest BCUT2D eigenvalue weighted by molar-refractivity contribution is -0.122. The molecule has 1 atom stereocenters. The smallest absolute Gasteiger partial charge is 0.315 e. The van der Waals surface area contributed by atoms with E-state index in [2.05, 4.69) is 16.0 Å². The van der Waals surface area contributed by atoms with Crippen molar-refractivity contribution in [3.63, 3.8) is 0 Å². The molecule has 0 aromatic rings. The number of nitrogens with one attached hydrogen (secondary N) is 3. The molecular formula is C11H21N3O2. The monoisotopic (exact) mass is 227 g/mol. The van der Waals surface area contributed by atoms with Crippen LogP contribution < -0.4 is 16.0 Å². The quantitative estimate of drug-likeness (QED) is 0.666. The van der Waals surface area contributed by atoms with Crippen molar-refractivity contribution in [2.24, 2.45) is 0 Å². The van der Waals surface area contributed by atoms with Gasteiger partial charge in [0.25, 0.3) is 0 Å². The summed E-state index contributed by atoms with van der Waals surface area (Å²) in [6, 6.07) is -0.470. The molecule has 1 aliphatic rings. The molecule has 1 saturated carbocycles. The predicted molar refractivity (Wildman–Crippen MR) is 62.1 cm³/mol. The second-order valence-electron chi connectivity index (χ2n) is 4.29. The highest BCUT2D eigenvalue weighted by Crippen LogP contribution is 2.17. The molecule has 0 aliphatic heterocycles. The molecule has 92 valence electrons. The lowest BCUT2D eigenvalue weighted by Crippen LogP contribution is -2.50. The Morgan fingerprint density at radius 1 is 1.19 bits per heavy atom. The van der Waals surface area contributed by atoms with Crippen molar-refractivity contribution in [1.29, 1.82) is 0 Å². The highest BCUT2D eigenvalue weighted by Gasteiger charge is 2.18. The zero-order chi connectivity index (χ0) is 12.0. The number of likely N-dealkylation sites (N-methyl/N-ethyl adjacent to an activating group) is 1. The Labute approximate surface area is 96.4 Å². The van der Waals surface area contributed by atoms with E-state index < -0.39 is 6.04 Å². The van der Waals surface area contributed by atoms with Crippen molar-refractivity contribution >= 4 is 11.9 Å². The van der Waals surface area contributed by atoms with Crippen LogP contribution in [-0.4, -0.2) is 31.1 Å². The average Bonchev–Trinajstić information content (AvgIpc) is 2.29. The van der Waals surface area contributed by atoms with Crippen LogP contribution in [0.15, 0.2) is 0 Å². The third kappa shape index (κ3) is 4.08. The molecule has 3 N–H and O–H groups in total. The maximum Gasteiger partial charge on any atom is 0.315 e. The molecule has 0 aromatic heterocycles. The number of carbonyl (C=O) groups excluding carboxylic acids is 2. The van der Waals surface area contributed by atoms with Crippen LogP contribution in [0.5, 0.6) is 0 Å². The standard InChI is InChI=1S/C11H21N3O2/c1-8(10(15)12-2)13-11(16)14-9-6-4-3-5-7-9/h8-9H,3-7H2,1-2H3,(H,12,15)(H2,13,14,16). The molecule has 0 aromatic carbocycles. The van der Waals surface area contributed by atoms with Crippen LogP contribution in [0.4, 0.5) is 4.79 Å². The van der Waals surface area contributed by atoms with Crippen molar-refractivity contribution < 1.29 is 9.59 Å². The van der Waals surface area contributed by atoms with E-state index in [9.17, 15) is 9.59 Å². The van der Waals surface area contributed by atoms with Gasteiger partial charge in [0.2, 0.25) is 5.91 Å². The normalized spacial score (nSPS) is 18.6. The van der Waals surface area contributed by atoms with Crippen molar-refractivity contribution in [2.45, 2.75) is 51.1 Å². The van der Waals surface area contributed by atoms with Crippen LogP contribution >= 0.6 is 0 Å². The Morgan fingerprint density at radius 2 is 1.81 bits per heavy atom. The number of hydrogen-bond acceptors (Lipinski definition) is 2. The molecule has 0 bridgehead atoms. The van der Waals surface area contributed by atoms with E-state index >= 15 is 0 Å². The first-order valence-corrected chi connectivity index (χ1v) is 5.92. The van der Waals surface area contributed by atoms with Gasteiger partial charge in [0, 0.05) is 13.1 Å². The highest BCUT2D eigenvalue weighted by atomic mass is 16.2. The van der Waals surface area contributed by atoms with E-state index in [-0.39, 0.29) is 18.0 Å². The molecule has 1 fully saturated rings. The number of rotatable bonds is 3. The fourth-order valence-electron chi connectivity index (χ4n) is 1.95. The van der Waals surface area contributed by atoms with Crippen molar-refractivity contribution in [2.75, 3.05) is 7.05 Å². The number of urea groups is 1. The van der Waals surface area contributed by atoms with Gasteiger partial charge in [0.15, 0.2) is 0 Å². The summed E-state index contributed by atoms with van der Waals surface area (Å²) >= 11 is 0. The summed E-state index contributed by atoms with van der Waals surface area (Å²) in [7, 11) is 1.56. The maximum absolute atomic E-state index is 11.5. The van der Waals surface area contributed by atoms with E-state index in [0.717, 1.165) is 12.8 Å². The minimum atomic E-state index is -0.492. The summed E-state index contributed by atoms with van der Waals surface area (Å²) in [5.41, 5.74) is 0. The van der Waals surface area contributed by atoms with Gasteiger partial charge < -0.3 is 16.0 Å². The SMILES string of the molecule is CNC(=O)C(C)NC(=O)NC1CCCCC1. The number of hydrogen-bond donors (Lipinski definition) is 3. The van der Waals surface area contributed by atoms with Gasteiger partial charge in [-0.25, -0.2) is 4.79 Å². The van der Waals surface area contributed by atoms with E-state index in [1.54, 1.807) is 14.0 Å². The van der Waals surface area contributed by atoms with Gasteiger partial charge >= 0.3 is 6.03 Å². The minimum Gasteiger partial charge on any atom is -0.357 e. The predicted octanol–water partition coefficient (Wildman–Crippen LogP) is 0.753. The molecule has 1 unspecified atom stereocenters. The van der Waals surface area contributed by atoms with Crippen molar-refractivity contribution in [3.8, 4) is 0 Å². The lowest BCUT2D eigenvalue weighted by Gasteiger charge is -2.23. The Kier molecular flexibility index (Phi) is 5.08. The molecule has 0 radical (unpaired) electrons. The topological polar surface area (TPSA) is 70.2 Å². The molecule has 0 heterocycles. The molecule has 1 rings (SSSR count). The van der Waals surface area contributed by atoms with Crippen LogP contribution in [0.1, 0.15) is 39.0 Å². The Balaban J connectivity index is 2.26. The van der Waals surface area contributed by atoms with Gasteiger partial charge in [0.1, 0.15) is 6.04 Å². The van der Waals surface area contributed by atoms with E-state index in [4.69, 9.17) is 0 Å². The average molecular weight is 227 g/mol. The minimum absolute atomic E-state index is 0.182. The van der Waals surface area contributed by atoms with E-state index in [1.807, 2.05) is 0 Å². The Bertz CT molecular complexity index is 250. The molecule has 0 saturated heterocycles. The van der Waals surface area contributed by atoms with Crippen LogP contribution in [0.25, 0.3) is 0 Å². The molecule has 5 nitrogen and oxygen atoms in total. The Morgan fingerprint density at radius 3 is 2.38 bits per heavy atom. The molecule has 0 spiro atoms. The summed E-state index contributed by atoms with van der Waals surface area (Å²) in [6.45, 7) is 1.67. The van der Waals surface area contributed by atoms with Gasteiger partial charge in [-0.05, 0) is 19.8 Å². The summed E-state index contributed by atoms with van der Waals surface area (Å²) in [4.78, 5) is 22.7. The first-order chi connectivity index (χ1) is 7.63. The van der Waals surface area contributed by atoms with Gasteiger partial charge in [0.05, 0.1) is 0 Å². The fourth-order valence-corrected chi connectivity index (χ4v) is 1.95. The van der Waals surface area contributed by atoms with Crippen LogP contribution in [-0.2, 0) is 4.79 Å². The Hall–Kier alpha value is -1.26. The zero-order valence-electron chi connectivity index (χ0n) is 10.0. The van der Waals surface area contributed by atoms with Crippen LogP contribution in [0, 0.1) is 0 Å². The summed E-state index contributed by atoms with van der Waals surface area (Å²) in [6.07, 6.45) is 5.70. The molecule has 3 amide bonds. The first kappa shape index (κ1) is 12.8. The third-order valence-electron chi connectivity index (χ3n) is 2.93. The van der Waals surface area contributed by atoms with Gasteiger partial charge in [-0.2, -0.15) is 0 Å². The molecular weight excluding hydrogens is 206 g/mol. The largest absolute Gasteiger partial charge is 0.357 e. The summed E-state index contributed by atoms with van der Waals surface area (Å²) in [5.74, 6) is -0.182. The molecule has 1 aliphatic carbocycles. The van der Waals surface area contributed by atoms with Crippen LogP contribution in [0.2, 0.25) is 0 Å². The van der Waals surface area contributed by atoms with Crippen molar-refractivity contribution in [3.05, 3.63) is 0 Å². The third-order valence-corrected chi connectivity index (χ3v) is 2.93. The van der Waals surface area contributed by atoms with E-state index in [1.165, 1.54) is 19.3 Å². The fraction of sp³-hybridized carbons (Fsp3) is 0.818. The van der Waals surface area contributed by atoms with E-state index in [0.29, 0.717) is 0 Å². The van der Waals surface area contributed by atoms with Crippen molar-refractivity contribution in [1.82, 2.24) is 16.0 Å². The second kappa shape index (κ2) is 6.35. The number of carbonyl (C=O) groups is 2. The lowest BCUT2D eigenvalue weighted by atomic mass is 9.96. The first-order valence-electron chi connectivity index (χ1n) is 5.92. The van der Waals surface area contributed by atoms with Crippen LogP contribution in [0.3, 0.4) is 0 Å². The number of amides is 3. The van der Waals surface area contributed by atoms with Gasteiger partial charge in [-0.1, -0.05) is 19.3 Å². The van der Waals surface area contributed by atoms with Gasteiger partial charge in [-0.15, -0.1) is 0 Å².